The molecule has 3 heteroatoms. The first-order valence-corrected chi connectivity index (χ1v) is 10.0. The van der Waals surface area contributed by atoms with Crippen molar-refractivity contribution in [1.82, 2.24) is 0 Å². The van der Waals surface area contributed by atoms with Gasteiger partial charge in [0, 0.05) is 18.5 Å². The van der Waals surface area contributed by atoms with Crippen molar-refractivity contribution >= 4 is 17.3 Å². The van der Waals surface area contributed by atoms with Crippen molar-refractivity contribution in [3.8, 4) is 0 Å². The first-order chi connectivity index (χ1) is 11.8. The first-order valence-electron chi connectivity index (χ1n) is 10.0. The van der Waals surface area contributed by atoms with Crippen LogP contribution in [0.25, 0.3) is 0 Å². The summed E-state index contributed by atoms with van der Waals surface area (Å²) in [4.78, 5) is 15.4. The number of carbonyl (C=O) groups excluding carboxylic acids is 1. The maximum Gasteiger partial charge on any atom is 0.230 e. The van der Waals surface area contributed by atoms with Crippen molar-refractivity contribution in [2.75, 3.05) is 23.3 Å². The van der Waals surface area contributed by atoms with Gasteiger partial charge in [-0.1, -0.05) is 52.5 Å². The van der Waals surface area contributed by atoms with Crippen LogP contribution in [-0.2, 0) is 11.2 Å². The monoisotopic (exact) mass is 344 g/mol. The third-order valence-corrected chi connectivity index (χ3v) is 5.66. The van der Waals surface area contributed by atoms with Crippen molar-refractivity contribution in [3.63, 3.8) is 0 Å². The molecule has 0 fully saturated rings. The Morgan fingerprint density at radius 2 is 1.88 bits per heavy atom. The van der Waals surface area contributed by atoms with Gasteiger partial charge in [0.15, 0.2) is 0 Å². The van der Waals surface area contributed by atoms with Gasteiger partial charge in [-0.3, -0.25) is 4.79 Å². The zero-order valence-corrected chi connectivity index (χ0v) is 17.1. The van der Waals surface area contributed by atoms with Gasteiger partial charge in [-0.25, -0.2) is 0 Å². The molecule has 0 atom stereocenters. The number of unbranched alkanes of at least 4 members (excludes halogenated alkanes) is 3. The summed E-state index contributed by atoms with van der Waals surface area (Å²) in [6.45, 7) is 14.9. The highest BCUT2D eigenvalue weighted by molar-refractivity contribution is 5.99. The van der Waals surface area contributed by atoms with Gasteiger partial charge in [0.1, 0.15) is 0 Å². The summed E-state index contributed by atoms with van der Waals surface area (Å²) in [6.07, 6.45) is 6.86. The Bertz CT molecular complexity index is 619. The largest absolute Gasteiger partial charge is 0.370 e. The van der Waals surface area contributed by atoms with E-state index in [1.54, 1.807) is 0 Å². The number of hydrogen-bond acceptors (Lipinski definition) is 2. The Morgan fingerprint density at radius 1 is 1.16 bits per heavy atom. The minimum absolute atomic E-state index is 0.154. The van der Waals surface area contributed by atoms with E-state index in [0.717, 1.165) is 38.0 Å². The quantitative estimate of drug-likeness (QED) is 0.621. The number of rotatable bonds is 8. The fourth-order valence-corrected chi connectivity index (χ4v) is 3.90. The summed E-state index contributed by atoms with van der Waals surface area (Å²) >= 11 is 0. The number of hydrogen-bond donors (Lipinski definition) is 1. The molecule has 0 spiro atoms. The fraction of sp³-hybridized carbons (Fsp3) is 0.682. The SMILES string of the molecule is CCCCCCC(C)(C)C(=O)Nc1c(C)cc(C)c2c1N(CC)CC2. The molecule has 0 aromatic heterocycles. The predicted molar refractivity (Wildman–Crippen MR) is 109 cm³/mol. The molecule has 2 rings (SSSR count). The molecule has 1 aliphatic rings. The molecule has 0 aliphatic carbocycles. The highest BCUT2D eigenvalue weighted by Gasteiger charge is 2.30. The molecule has 1 aromatic carbocycles. The maximum atomic E-state index is 13.0. The van der Waals surface area contributed by atoms with Crippen molar-refractivity contribution in [1.29, 1.82) is 0 Å². The van der Waals surface area contributed by atoms with Crippen molar-refractivity contribution < 1.29 is 4.79 Å². The molecule has 0 radical (unpaired) electrons. The number of nitrogens with zero attached hydrogens (tertiary/aromatic N) is 1. The van der Waals surface area contributed by atoms with E-state index in [4.69, 9.17) is 0 Å². The van der Waals surface area contributed by atoms with Crippen LogP contribution >= 0.6 is 0 Å². The molecule has 1 aliphatic heterocycles. The predicted octanol–water partition coefficient (Wildman–Crippen LogP) is 5.62. The molecule has 0 saturated carbocycles. The highest BCUT2D eigenvalue weighted by Crippen LogP contribution is 2.40. The molecule has 1 N–H and O–H groups in total. The smallest absolute Gasteiger partial charge is 0.230 e. The molecule has 1 aromatic rings. The van der Waals surface area contributed by atoms with E-state index in [0.29, 0.717) is 0 Å². The Morgan fingerprint density at radius 3 is 2.52 bits per heavy atom. The van der Waals surface area contributed by atoms with Gasteiger partial charge in [0.2, 0.25) is 5.91 Å². The van der Waals surface area contributed by atoms with Crippen LogP contribution in [0.1, 0.15) is 76.5 Å². The zero-order chi connectivity index (χ0) is 18.6. The lowest BCUT2D eigenvalue weighted by atomic mass is 9.85. The highest BCUT2D eigenvalue weighted by atomic mass is 16.2. The van der Waals surface area contributed by atoms with E-state index >= 15 is 0 Å². The normalized spacial score (nSPS) is 13.9. The third-order valence-electron chi connectivity index (χ3n) is 5.66. The molecule has 1 amide bonds. The van der Waals surface area contributed by atoms with E-state index in [9.17, 15) is 4.79 Å². The van der Waals surface area contributed by atoms with Crippen LogP contribution in [0.3, 0.4) is 0 Å². The van der Waals surface area contributed by atoms with E-state index in [2.05, 4.69) is 57.8 Å². The summed E-state index contributed by atoms with van der Waals surface area (Å²) in [7, 11) is 0. The summed E-state index contributed by atoms with van der Waals surface area (Å²) in [5.41, 5.74) is 5.89. The van der Waals surface area contributed by atoms with Crippen LogP contribution in [0.4, 0.5) is 11.4 Å². The van der Waals surface area contributed by atoms with Crippen molar-refractivity contribution in [2.24, 2.45) is 5.41 Å². The molecule has 0 saturated heterocycles. The molecule has 1 heterocycles. The van der Waals surface area contributed by atoms with Gasteiger partial charge >= 0.3 is 0 Å². The number of fused-ring (bicyclic) bond motifs is 1. The maximum absolute atomic E-state index is 13.0. The number of amides is 1. The van der Waals surface area contributed by atoms with Gasteiger partial charge in [-0.15, -0.1) is 0 Å². The molecule has 25 heavy (non-hydrogen) atoms. The van der Waals surface area contributed by atoms with Crippen LogP contribution < -0.4 is 10.2 Å². The Labute approximate surface area is 154 Å². The number of benzene rings is 1. The van der Waals surface area contributed by atoms with Gasteiger partial charge in [0.25, 0.3) is 0 Å². The first kappa shape index (κ1) is 19.8. The molecule has 140 valence electrons. The number of likely N-dealkylation sites (N-methyl/N-ethyl adjacent to an activating group) is 1. The average molecular weight is 345 g/mol. The second-order valence-electron chi connectivity index (χ2n) is 8.19. The third kappa shape index (κ3) is 4.37. The Hall–Kier alpha value is -1.51. The summed E-state index contributed by atoms with van der Waals surface area (Å²) in [5, 5.41) is 3.30. The zero-order valence-electron chi connectivity index (χ0n) is 17.1. The Balaban J connectivity index is 2.20. The van der Waals surface area contributed by atoms with Crippen LogP contribution in [0.5, 0.6) is 0 Å². The van der Waals surface area contributed by atoms with Gasteiger partial charge in [-0.2, -0.15) is 0 Å². The van der Waals surface area contributed by atoms with Crippen molar-refractivity contribution in [2.45, 2.75) is 80.1 Å². The van der Waals surface area contributed by atoms with Crippen molar-refractivity contribution in [3.05, 3.63) is 22.8 Å². The second-order valence-corrected chi connectivity index (χ2v) is 8.19. The minimum Gasteiger partial charge on any atom is -0.370 e. The van der Waals surface area contributed by atoms with Crippen LogP contribution in [0.15, 0.2) is 6.07 Å². The van der Waals surface area contributed by atoms with E-state index < -0.39 is 0 Å². The lowest BCUT2D eigenvalue weighted by Gasteiger charge is -2.27. The van der Waals surface area contributed by atoms with E-state index in [1.807, 2.05) is 0 Å². The van der Waals surface area contributed by atoms with Gasteiger partial charge < -0.3 is 10.2 Å². The fourth-order valence-electron chi connectivity index (χ4n) is 3.90. The average Bonchev–Trinajstić information content (AvgIpc) is 2.99. The van der Waals surface area contributed by atoms with E-state index in [1.165, 1.54) is 41.6 Å². The lowest BCUT2D eigenvalue weighted by Crippen LogP contribution is -2.32. The number of carbonyl (C=O) groups is 1. The number of aryl methyl sites for hydroxylation is 2. The summed E-state index contributed by atoms with van der Waals surface area (Å²) < 4.78 is 0. The molecule has 3 nitrogen and oxygen atoms in total. The topological polar surface area (TPSA) is 32.3 Å². The molecule has 0 bridgehead atoms. The van der Waals surface area contributed by atoms with E-state index in [-0.39, 0.29) is 11.3 Å². The summed E-state index contributed by atoms with van der Waals surface area (Å²) in [5.74, 6) is 0.154. The minimum atomic E-state index is -0.326. The second kappa shape index (κ2) is 8.25. The standard InChI is InChI=1S/C22H36N2O/c1-7-9-10-11-13-22(5,6)21(25)23-19-17(4)15-16(3)18-12-14-24(8-2)20(18)19/h15H,7-14H2,1-6H3,(H,23,25). The molecular weight excluding hydrogens is 308 g/mol. The number of anilines is 2. The molecular formula is C22H36N2O. The Kier molecular flexibility index (Phi) is 6.53. The molecule has 0 unspecified atom stereocenters. The summed E-state index contributed by atoms with van der Waals surface area (Å²) in [6, 6.07) is 2.22. The van der Waals surface area contributed by atoms with Gasteiger partial charge in [-0.05, 0) is 50.3 Å². The van der Waals surface area contributed by atoms with Crippen LogP contribution in [0, 0.1) is 19.3 Å². The number of nitrogens with one attached hydrogen (secondary N) is 1. The van der Waals surface area contributed by atoms with Crippen LogP contribution in [0.2, 0.25) is 0 Å². The van der Waals surface area contributed by atoms with Crippen LogP contribution in [-0.4, -0.2) is 19.0 Å². The lowest BCUT2D eigenvalue weighted by molar-refractivity contribution is -0.124. The van der Waals surface area contributed by atoms with Gasteiger partial charge in [0.05, 0.1) is 11.4 Å².